The molecule has 2 N–H and O–H groups in total. The molecular formula is C57H62N8O8S2. The highest BCUT2D eigenvalue weighted by Gasteiger charge is 2.36. The third-order valence-corrected chi connectivity index (χ3v) is 17.6. The van der Waals surface area contributed by atoms with Gasteiger partial charge in [-0.1, -0.05) is 103 Å². The summed E-state index contributed by atoms with van der Waals surface area (Å²) in [6.07, 6.45) is 1.19. The molecule has 16 nitrogen and oxygen atoms in total. The minimum absolute atomic E-state index is 0.00779. The first-order chi connectivity index (χ1) is 36.2. The van der Waals surface area contributed by atoms with Crippen LogP contribution in [0.2, 0.25) is 0 Å². The molecule has 10 rings (SSSR count). The van der Waals surface area contributed by atoms with E-state index in [1.165, 1.54) is 16.9 Å². The van der Waals surface area contributed by atoms with Crippen molar-refractivity contribution in [2.45, 2.75) is 76.7 Å². The average Bonchev–Trinajstić information content (AvgIpc) is 4.03. The molecule has 0 radical (unpaired) electrons. The number of aromatic hydroxyl groups is 2. The van der Waals surface area contributed by atoms with Crippen LogP contribution in [0, 0.1) is 0 Å². The Bertz CT molecular complexity index is 3230. The smallest absolute Gasteiger partial charge is 0.415 e. The second-order valence-electron chi connectivity index (χ2n) is 20.3. The number of fused-ring (bicyclic) bond motifs is 4. The highest BCUT2D eigenvalue weighted by Crippen LogP contribution is 2.41. The zero-order chi connectivity index (χ0) is 52.4. The highest BCUT2D eigenvalue weighted by molar-refractivity contribution is 8.77. The first kappa shape index (κ1) is 51.6. The Labute approximate surface area is 444 Å². The Morgan fingerprint density at radius 2 is 1.57 bits per heavy atom. The fourth-order valence-corrected chi connectivity index (χ4v) is 12.3. The second-order valence-corrected chi connectivity index (χ2v) is 23.5. The number of nitrogens with zero attached hydrogens (tertiary/aromatic N) is 8. The number of morpholine rings is 1. The maximum atomic E-state index is 14.2. The monoisotopic (exact) mass is 1050 g/mol. The van der Waals surface area contributed by atoms with Crippen molar-refractivity contribution in [1.29, 1.82) is 0 Å². The van der Waals surface area contributed by atoms with Crippen LogP contribution in [0.5, 0.6) is 17.2 Å². The number of benzene rings is 4. The van der Waals surface area contributed by atoms with Crippen molar-refractivity contribution >= 4 is 67.5 Å². The molecule has 0 aliphatic carbocycles. The summed E-state index contributed by atoms with van der Waals surface area (Å²) >= 11 is 0. The van der Waals surface area contributed by atoms with Crippen LogP contribution in [0.1, 0.15) is 78.7 Å². The summed E-state index contributed by atoms with van der Waals surface area (Å²) in [5, 5.41) is 21.6. The van der Waals surface area contributed by atoms with Crippen molar-refractivity contribution in [3.8, 4) is 28.6 Å². The number of rotatable bonds is 15. The molecule has 2 saturated heterocycles. The molecule has 6 heterocycles. The van der Waals surface area contributed by atoms with Crippen molar-refractivity contribution in [2.24, 2.45) is 0 Å². The van der Waals surface area contributed by atoms with Crippen LogP contribution in [0.4, 0.5) is 10.6 Å². The van der Waals surface area contributed by atoms with E-state index in [9.17, 15) is 24.6 Å². The van der Waals surface area contributed by atoms with Crippen molar-refractivity contribution in [3.05, 3.63) is 137 Å². The first-order valence-corrected chi connectivity index (χ1v) is 27.7. The third-order valence-electron chi connectivity index (χ3n) is 13.9. The van der Waals surface area contributed by atoms with E-state index in [1.807, 2.05) is 87.2 Å². The molecule has 4 aromatic carbocycles. The van der Waals surface area contributed by atoms with Gasteiger partial charge < -0.3 is 43.7 Å². The second kappa shape index (κ2) is 22.2. The summed E-state index contributed by atoms with van der Waals surface area (Å²) in [5.41, 5.74) is 7.45. The van der Waals surface area contributed by atoms with E-state index in [-0.39, 0.29) is 40.0 Å². The molecule has 3 aliphatic rings. The number of hydrogen-bond acceptors (Lipinski definition) is 15. The molecule has 390 valence electrons. The Morgan fingerprint density at radius 1 is 0.800 bits per heavy atom. The lowest BCUT2D eigenvalue weighted by Gasteiger charge is -2.38. The fraction of sp³-hybridized carbons (Fsp3) is 0.368. The standard InChI is InChI=1S/C57H62N8O8S2/c1-36(2)45-29-46(48(67)30-47(45)66)54(68)64-34-41-17-16-39(27-42(41)35-64)32-61-19-21-63(22-20-61)55(69)57(4,5)75-74-37(3)31-65(33-38-11-7-6-8-12-38)56(70)72-43-14-9-13-40(28-43)51-59-49-44-15-10-18-58-53(44)73-50(49)52(60-51)62-23-25-71-26-24-62/h6-18,27-30,36-37,66-67H,19-26,31-35H2,1-5H3/t37-/m1/s1. The van der Waals surface area contributed by atoms with Gasteiger partial charge in [0.2, 0.25) is 11.6 Å². The minimum atomic E-state index is -0.727. The lowest BCUT2D eigenvalue weighted by atomic mass is 9.98. The van der Waals surface area contributed by atoms with Crippen LogP contribution in [-0.2, 0) is 35.7 Å². The Balaban J connectivity index is 0.743. The molecular weight excluding hydrogens is 989 g/mol. The van der Waals surface area contributed by atoms with Crippen LogP contribution in [0.15, 0.2) is 108 Å². The number of piperazine rings is 1. The summed E-state index contributed by atoms with van der Waals surface area (Å²) in [6, 6.07) is 30.1. The van der Waals surface area contributed by atoms with Crippen molar-refractivity contribution in [1.82, 2.24) is 34.6 Å². The normalized spacial score (nSPS) is 15.7. The molecule has 0 bridgehead atoms. The zero-order valence-electron chi connectivity index (χ0n) is 42.9. The van der Waals surface area contributed by atoms with Crippen molar-refractivity contribution in [3.63, 3.8) is 0 Å². The Kier molecular flexibility index (Phi) is 15.2. The number of pyridine rings is 1. The van der Waals surface area contributed by atoms with Gasteiger partial charge in [0.25, 0.3) is 5.91 Å². The summed E-state index contributed by atoms with van der Waals surface area (Å²) in [7, 11) is 3.12. The van der Waals surface area contributed by atoms with Gasteiger partial charge in [-0.25, -0.2) is 19.7 Å². The molecule has 2 fully saturated rings. The summed E-state index contributed by atoms with van der Waals surface area (Å²) in [6.45, 7) is 17.3. The molecule has 1 atom stereocenters. The van der Waals surface area contributed by atoms with E-state index in [4.69, 9.17) is 23.9 Å². The van der Waals surface area contributed by atoms with Gasteiger partial charge in [-0.05, 0) is 77.9 Å². The van der Waals surface area contributed by atoms with E-state index in [0.29, 0.717) is 111 Å². The summed E-state index contributed by atoms with van der Waals surface area (Å²) < 4.78 is 17.3. The van der Waals surface area contributed by atoms with Crippen molar-refractivity contribution < 1.29 is 38.5 Å². The molecule has 3 aliphatic heterocycles. The molecule has 0 saturated carbocycles. The number of amides is 3. The van der Waals surface area contributed by atoms with Crippen LogP contribution in [0.3, 0.4) is 0 Å². The lowest BCUT2D eigenvalue weighted by molar-refractivity contribution is -0.134. The summed E-state index contributed by atoms with van der Waals surface area (Å²) in [4.78, 5) is 66.2. The quantitative estimate of drug-likeness (QED) is 0.0927. The van der Waals surface area contributed by atoms with Gasteiger partial charge in [-0.15, -0.1) is 0 Å². The van der Waals surface area contributed by atoms with Gasteiger partial charge in [0.05, 0.1) is 28.9 Å². The number of furan rings is 1. The first-order valence-electron chi connectivity index (χ1n) is 25.5. The SMILES string of the molecule is CC(C)c1cc(C(=O)N2Cc3ccc(CN4CCN(C(=O)C(C)(C)SS[C@H](C)CN(Cc5ccccc5)C(=O)Oc5cccc(-c6nc(N7CCOCC7)c7oc8ncccc8c7n6)c5)CC4)cc3C2)c(O)cc1O. The number of phenolic OH excluding ortho intramolecular Hbond substituents is 2. The molecule has 3 aromatic heterocycles. The Hall–Kier alpha value is -6.86. The number of ether oxygens (including phenoxy) is 2. The number of phenols is 2. The van der Waals surface area contributed by atoms with Crippen LogP contribution < -0.4 is 9.64 Å². The van der Waals surface area contributed by atoms with Crippen LogP contribution >= 0.6 is 21.6 Å². The third kappa shape index (κ3) is 11.5. The highest BCUT2D eigenvalue weighted by atomic mass is 33.1. The van der Waals surface area contributed by atoms with E-state index in [0.717, 1.165) is 47.3 Å². The molecule has 7 aromatic rings. The summed E-state index contributed by atoms with van der Waals surface area (Å²) in [5.74, 6) is 1.04. The van der Waals surface area contributed by atoms with Gasteiger partial charge in [-0.3, -0.25) is 14.5 Å². The largest absolute Gasteiger partial charge is 0.508 e. The molecule has 0 spiro atoms. The van der Waals surface area contributed by atoms with Gasteiger partial charge >= 0.3 is 6.09 Å². The lowest BCUT2D eigenvalue weighted by Crippen LogP contribution is -2.52. The maximum Gasteiger partial charge on any atom is 0.415 e. The van der Waals surface area contributed by atoms with Crippen LogP contribution in [-0.4, -0.2) is 132 Å². The van der Waals surface area contributed by atoms with E-state index in [2.05, 4.69) is 39.9 Å². The van der Waals surface area contributed by atoms with Gasteiger partial charge in [0.1, 0.15) is 22.8 Å². The van der Waals surface area contributed by atoms with Crippen molar-refractivity contribution in [2.75, 3.05) is 63.9 Å². The van der Waals surface area contributed by atoms with Gasteiger partial charge in [0, 0.05) is 95.1 Å². The Morgan fingerprint density at radius 3 is 2.35 bits per heavy atom. The number of aromatic nitrogens is 3. The number of hydrogen-bond donors (Lipinski definition) is 2. The van der Waals surface area contributed by atoms with Gasteiger partial charge in [0.15, 0.2) is 17.2 Å². The predicted octanol–water partition coefficient (Wildman–Crippen LogP) is 9.86. The van der Waals surface area contributed by atoms with E-state index in [1.54, 1.807) is 45.0 Å². The van der Waals surface area contributed by atoms with E-state index < -0.39 is 10.8 Å². The molecule has 0 unspecified atom stereocenters. The maximum absolute atomic E-state index is 14.2. The fourth-order valence-electron chi connectivity index (χ4n) is 9.87. The number of carbonyl (C=O) groups excluding carboxylic acids is 3. The van der Waals surface area contributed by atoms with Gasteiger partial charge in [-0.2, -0.15) is 0 Å². The molecule has 18 heteroatoms. The number of anilines is 1. The van der Waals surface area contributed by atoms with Crippen LogP contribution in [0.25, 0.3) is 33.6 Å². The molecule has 75 heavy (non-hydrogen) atoms. The molecule has 3 amide bonds. The average molecular weight is 1050 g/mol. The topological polar surface area (TPSA) is 178 Å². The zero-order valence-corrected chi connectivity index (χ0v) is 44.5. The van der Waals surface area contributed by atoms with E-state index >= 15 is 0 Å². The number of carbonyl (C=O) groups is 3. The predicted molar refractivity (Wildman–Crippen MR) is 293 cm³/mol. The minimum Gasteiger partial charge on any atom is -0.508 e.